The van der Waals surface area contributed by atoms with Crippen LogP contribution in [0.4, 0.5) is 0 Å². The third-order valence-electron chi connectivity index (χ3n) is 1.29. The van der Waals surface area contributed by atoms with Crippen LogP contribution in [-0.2, 0) is 11.3 Å². The van der Waals surface area contributed by atoms with Crippen molar-refractivity contribution in [1.82, 2.24) is 4.98 Å². The Balaban J connectivity index is 2.37. The van der Waals surface area contributed by atoms with Gasteiger partial charge in [0.15, 0.2) is 0 Å². The highest BCUT2D eigenvalue weighted by atomic mass is 79.9. The van der Waals surface area contributed by atoms with Gasteiger partial charge in [-0.25, -0.2) is 4.98 Å². The molecular weight excluding hydrogens is 222 g/mol. The van der Waals surface area contributed by atoms with Gasteiger partial charge >= 0.3 is 0 Å². The predicted octanol–water partition coefficient (Wildman–Crippen LogP) is 1.35. The van der Waals surface area contributed by atoms with E-state index >= 15 is 0 Å². The van der Waals surface area contributed by atoms with Crippen LogP contribution < -0.4 is 0 Å². The standard InChI is InChI=1S/C8H10BrNO2/c9-8-2-1-7(5-10-8)6-12-4-3-11/h1-2,5,11H,3-4,6H2. The van der Waals surface area contributed by atoms with Crippen LogP contribution in [0.15, 0.2) is 22.9 Å². The van der Waals surface area contributed by atoms with E-state index in [4.69, 9.17) is 9.84 Å². The minimum atomic E-state index is 0.0595. The van der Waals surface area contributed by atoms with E-state index in [1.807, 2.05) is 12.1 Å². The molecule has 0 aliphatic rings. The Morgan fingerprint density at radius 3 is 2.92 bits per heavy atom. The summed E-state index contributed by atoms with van der Waals surface area (Å²) in [6, 6.07) is 3.78. The molecule has 0 spiro atoms. The average molecular weight is 232 g/mol. The molecule has 0 saturated carbocycles. The van der Waals surface area contributed by atoms with E-state index in [1.165, 1.54) is 0 Å². The van der Waals surface area contributed by atoms with Crippen LogP contribution in [0.3, 0.4) is 0 Å². The summed E-state index contributed by atoms with van der Waals surface area (Å²) >= 11 is 3.24. The molecule has 4 heteroatoms. The van der Waals surface area contributed by atoms with Gasteiger partial charge in [0, 0.05) is 6.20 Å². The molecule has 0 amide bonds. The van der Waals surface area contributed by atoms with Gasteiger partial charge in [-0.15, -0.1) is 0 Å². The topological polar surface area (TPSA) is 42.4 Å². The largest absolute Gasteiger partial charge is 0.394 e. The van der Waals surface area contributed by atoms with Crippen molar-refractivity contribution in [1.29, 1.82) is 0 Å². The summed E-state index contributed by atoms with van der Waals surface area (Å²) in [5, 5.41) is 8.44. The van der Waals surface area contributed by atoms with Crippen molar-refractivity contribution < 1.29 is 9.84 Å². The number of nitrogens with zero attached hydrogens (tertiary/aromatic N) is 1. The van der Waals surface area contributed by atoms with E-state index in [0.29, 0.717) is 13.2 Å². The molecule has 0 saturated heterocycles. The third kappa shape index (κ3) is 3.30. The Morgan fingerprint density at radius 1 is 1.50 bits per heavy atom. The minimum absolute atomic E-state index is 0.0595. The summed E-state index contributed by atoms with van der Waals surface area (Å²) in [6.07, 6.45) is 1.74. The second kappa shape index (κ2) is 5.24. The van der Waals surface area contributed by atoms with Crippen LogP contribution >= 0.6 is 15.9 Å². The molecule has 1 heterocycles. The summed E-state index contributed by atoms with van der Waals surface area (Å²) in [4.78, 5) is 4.03. The highest BCUT2D eigenvalue weighted by Crippen LogP contribution is 2.06. The molecule has 1 rings (SSSR count). The average Bonchev–Trinajstić information content (AvgIpc) is 2.09. The molecule has 0 aliphatic carbocycles. The lowest BCUT2D eigenvalue weighted by Crippen LogP contribution is -1.99. The van der Waals surface area contributed by atoms with Crippen molar-refractivity contribution in [2.75, 3.05) is 13.2 Å². The number of halogens is 1. The van der Waals surface area contributed by atoms with Gasteiger partial charge in [0.05, 0.1) is 19.8 Å². The molecule has 0 bridgehead atoms. The van der Waals surface area contributed by atoms with Gasteiger partial charge < -0.3 is 9.84 Å². The number of hydrogen-bond donors (Lipinski definition) is 1. The van der Waals surface area contributed by atoms with Crippen LogP contribution in [-0.4, -0.2) is 23.3 Å². The maximum Gasteiger partial charge on any atom is 0.106 e. The predicted molar refractivity (Wildman–Crippen MR) is 48.7 cm³/mol. The zero-order valence-electron chi connectivity index (χ0n) is 6.53. The zero-order chi connectivity index (χ0) is 8.81. The fourth-order valence-corrected chi connectivity index (χ4v) is 0.981. The first-order chi connectivity index (χ1) is 5.83. The maximum absolute atomic E-state index is 8.44. The van der Waals surface area contributed by atoms with Gasteiger partial charge in [-0.1, -0.05) is 6.07 Å². The SMILES string of the molecule is OCCOCc1ccc(Br)nc1. The summed E-state index contributed by atoms with van der Waals surface area (Å²) in [5.41, 5.74) is 1.01. The molecule has 0 unspecified atom stereocenters. The number of aliphatic hydroxyl groups is 1. The van der Waals surface area contributed by atoms with E-state index < -0.39 is 0 Å². The summed E-state index contributed by atoms with van der Waals surface area (Å²) in [7, 11) is 0. The third-order valence-corrected chi connectivity index (χ3v) is 1.76. The van der Waals surface area contributed by atoms with Gasteiger partial charge in [0.2, 0.25) is 0 Å². The van der Waals surface area contributed by atoms with Crippen LogP contribution in [0, 0.1) is 0 Å². The maximum atomic E-state index is 8.44. The second-order valence-corrected chi connectivity index (χ2v) is 3.08. The van der Waals surface area contributed by atoms with E-state index in [1.54, 1.807) is 6.20 Å². The Hall–Kier alpha value is -0.450. The highest BCUT2D eigenvalue weighted by Gasteiger charge is 1.93. The van der Waals surface area contributed by atoms with Crippen LogP contribution in [0.5, 0.6) is 0 Å². The molecule has 66 valence electrons. The Bertz CT molecular complexity index is 225. The first-order valence-electron chi connectivity index (χ1n) is 3.62. The second-order valence-electron chi connectivity index (χ2n) is 2.27. The molecule has 1 aromatic heterocycles. The molecule has 0 atom stereocenters. The number of pyridine rings is 1. The summed E-state index contributed by atoms with van der Waals surface area (Å²) in [5.74, 6) is 0. The van der Waals surface area contributed by atoms with E-state index in [2.05, 4.69) is 20.9 Å². The smallest absolute Gasteiger partial charge is 0.106 e. The number of aromatic nitrogens is 1. The van der Waals surface area contributed by atoms with Crippen LogP contribution in [0.25, 0.3) is 0 Å². The zero-order valence-corrected chi connectivity index (χ0v) is 8.12. The molecular formula is C8H10BrNO2. The quantitative estimate of drug-likeness (QED) is 0.629. The fourth-order valence-electron chi connectivity index (χ4n) is 0.746. The molecule has 1 aromatic rings. The van der Waals surface area contributed by atoms with Crippen molar-refractivity contribution in [2.45, 2.75) is 6.61 Å². The van der Waals surface area contributed by atoms with Gasteiger partial charge in [0.1, 0.15) is 4.60 Å². The molecule has 0 fully saturated rings. The van der Waals surface area contributed by atoms with Gasteiger partial charge in [-0.05, 0) is 27.6 Å². The van der Waals surface area contributed by atoms with E-state index in [-0.39, 0.29) is 6.61 Å². The normalized spacial score (nSPS) is 10.2. The summed E-state index contributed by atoms with van der Waals surface area (Å²) < 4.78 is 5.92. The number of ether oxygens (including phenoxy) is 1. The van der Waals surface area contributed by atoms with Gasteiger partial charge in [0.25, 0.3) is 0 Å². The van der Waals surface area contributed by atoms with Gasteiger partial charge in [-0.3, -0.25) is 0 Å². The van der Waals surface area contributed by atoms with Crippen molar-refractivity contribution >= 4 is 15.9 Å². The highest BCUT2D eigenvalue weighted by molar-refractivity contribution is 9.10. The van der Waals surface area contributed by atoms with Crippen molar-refractivity contribution in [3.05, 3.63) is 28.5 Å². The summed E-state index contributed by atoms with van der Waals surface area (Å²) in [6.45, 7) is 0.931. The Morgan fingerprint density at radius 2 is 2.33 bits per heavy atom. The fraction of sp³-hybridized carbons (Fsp3) is 0.375. The number of aliphatic hydroxyl groups excluding tert-OH is 1. The van der Waals surface area contributed by atoms with Crippen molar-refractivity contribution in [3.63, 3.8) is 0 Å². The first kappa shape index (κ1) is 9.64. The lowest BCUT2D eigenvalue weighted by atomic mass is 10.3. The molecule has 0 aliphatic heterocycles. The van der Waals surface area contributed by atoms with E-state index in [0.717, 1.165) is 10.2 Å². The van der Waals surface area contributed by atoms with E-state index in [9.17, 15) is 0 Å². The Labute approximate surface area is 79.5 Å². The first-order valence-corrected chi connectivity index (χ1v) is 4.41. The van der Waals surface area contributed by atoms with Crippen molar-refractivity contribution in [2.24, 2.45) is 0 Å². The molecule has 0 aromatic carbocycles. The number of hydrogen-bond acceptors (Lipinski definition) is 3. The van der Waals surface area contributed by atoms with Crippen molar-refractivity contribution in [3.8, 4) is 0 Å². The molecule has 1 N–H and O–H groups in total. The molecule has 0 radical (unpaired) electrons. The lowest BCUT2D eigenvalue weighted by molar-refractivity contribution is 0.0814. The lowest BCUT2D eigenvalue weighted by Gasteiger charge is -2.01. The number of rotatable bonds is 4. The molecule has 12 heavy (non-hydrogen) atoms. The monoisotopic (exact) mass is 231 g/mol. The minimum Gasteiger partial charge on any atom is -0.394 e. The Kier molecular flexibility index (Phi) is 4.21. The van der Waals surface area contributed by atoms with Crippen LogP contribution in [0.2, 0.25) is 0 Å². The molecule has 3 nitrogen and oxygen atoms in total. The van der Waals surface area contributed by atoms with Crippen LogP contribution in [0.1, 0.15) is 5.56 Å². The van der Waals surface area contributed by atoms with Gasteiger partial charge in [-0.2, -0.15) is 0 Å².